The molecule has 126 valence electrons. The predicted molar refractivity (Wildman–Crippen MR) is 101 cm³/mol. The van der Waals surface area contributed by atoms with Crippen LogP contribution in [0.4, 0.5) is 0 Å². The topological polar surface area (TPSA) is 9.23 Å². The van der Waals surface area contributed by atoms with Gasteiger partial charge in [-0.3, -0.25) is 0 Å². The highest BCUT2D eigenvalue weighted by Crippen LogP contribution is 2.53. The Balaban J connectivity index is 1.96. The van der Waals surface area contributed by atoms with E-state index in [9.17, 15) is 0 Å². The van der Waals surface area contributed by atoms with E-state index in [2.05, 4.69) is 61.8 Å². The number of ether oxygens (including phenoxy) is 1. The summed E-state index contributed by atoms with van der Waals surface area (Å²) in [5.74, 6) is 2.27. The molecular formula is C21H29BrO. The number of fused-ring (bicyclic) bond motifs is 3. The van der Waals surface area contributed by atoms with Crippen LogP contribution in [0.5, 0.6) is 5.75 Å². The van der Waals surface area contributed by atoms with Crippen LogP contribution in [0.1, 0.15) is 76.8 Å². The molecule has 0 unspecified atom stereocenters. The van der Waals surface area contributed by atoms with E-state index in [1.807, 2.05) is 0 Å². The van der Waals surface area contributed by atoms with Gasteiger partial charge < -0.3 is 4.74 Å². The molecule has 1 aliphatic carbocycles. The number of hydrogen-bond acceptors (Lipinski definition) is 1. The highest BCUT2D eigenvalue weighted by atomic mass is 79.9. The van der Waals surface area contributed by atoms with Crippen molar-refractivity contribution in [3.63, 3.8) is 0 Å². The molecule has 0 spiro atoms. The third-order valence-corrected chi connectivity index (χ3v) is 6.26. The van der Waals surface area contributed by atoms with Gasteiger partial charge in [-0.15, -0.1) is 0 Å². The van der Waals surface area contributed by atoms with Crippen LogP contribution < -0.4 is 4.74 Å². The summed E-state index contributed by atoms with van der Waals surface area (Å²) in [7, 11) is 0. The maximum absolute atomic E-state index is 6.49. The second kappa shape index (κ2) is 6.63. The van der Waals surface area contributed by atoms with Crippen LogP contribution in [0.25, 0.3) is 0 Å². The number of aryl methyl sites for hydroxylation is 1. The summed E-state index contributed by atoms with van der Waals surface area (Å²) in [4.78, 5) is 0. The van der Waals surface area contributed by atoms with Crippen molar-refractivity contribution in [3.05, 3.63) is 39.4 Å². The molecule has 2 heteroatoms. The fourth-order valence-corrected chi connectivity index (χ4v) is 5.09. The Kier molecular flexibility index (Phi) is 4.92. The number of rotatable bonds is 4. The van der Waals surface area contributed by atoms with Crippen molar-refractivity contribution >= 4 is 15.9 Å². The van der Waals surface area contributed by atoms with E-state index in [4.69, 9.17) is 4.74 Å². The zero-order chi connectivity index (χ0) is 16.6. The standard InChI is InChI=1S/C21H29BrO/c1-5-6-7-8-15-12-18(22)20-16-11-14(2)9-10-17(16)21(3,4)23-19(20)13-15/h9,12-13,16-17H,5-8,10-11H2,1-4H3/t16-,17-/m1/s1. The monoisotopic (exact) mass is 376 g/mol. The molecule has 2 atom stereocenters. The van der Waals surface area contributed by atoms with Crippen molar-refractivity contribution in [3.8, 4) is 5.75 Å². The van der Waals surface area contributed by atoms with Gasteiger partial charge in [-0.2, -0.15) is 0 Å². The number of unbranched alkanes of at least 4 members (excludes halogenated alkanes) is 2. The lowest BCUT2D eigenvalue weighted by Crippen LogP contribution is -2.45. The van der Waals surface area contributed by atoms with Crippen LogP contribution in [0.2, 0.25) is 0 Å². The minimum atomic E-state index is -0.0870. The molecule has 0 amide bonds. The van der Waals surface area contributed by atoms with Crippen molar-refractivity contribution in [2.45, 2.75) is 77.7 Å². The Labute approximate surface area is 149 Å². The van der Waals surface area contributed by atoms with E-state index in [-0.39, 0.29) is 5.60 Å². The highest BCUT2D eigenvalue weighted by molar-refractivity contribution is 9.10. The zero-order valence-electron chi connectivity index (χ0n) is 14.9. The highest BCUT2D eigenvalue weighted by Gasteiger charge is 2.45. The van der Waals surface area contributed by atoms with E-state index >= 15 is 0 Å². The molecule has 0 radical (unpaired) electrons. The maximum atomic E-state index is 6.49. The Bertz CT molecular complexity index is 615. The Morgan fingerprint density at radius 1 is 1.26 bits per heavy atom. The van der Waals surface area contributed by atoms with Gasteiger partial charge in [0.1, 0.15) is 11.4 Å². The lowest BCUT2D eigenvalue weighted by molar-refractivity contribution is 0.00815. The summed E-state index contributed by atoms with van der Waals surface area (Å²) < 4.78 is 7.74. The average molecular weight is 377 g/mol. The van der Waals surface area contributed by atoms with Crippen LogP contribution in [-0.2, 0) is 6.42 Å². The van der Waals surface area contributed by atoms with Gasteiger partial charge >= 0.3 is 0 Å². The predicted octanol–water partition coefficient (Wildman–Crippen LogP) is 6.79. The van der Waals surface area contributed by atoms with Crippen LogP contribution >= 0.6 is 15.9 Å². The van der Waals surface area contributed by atoms with Crippen LogP contribution in [0.15, 0.2) is 28.3 Å². The molecule has 0 saturated carbocycles. The van der Waals surface area contributed by atoms with Gasteiger partial charge in [0.15, 0.2) is 0 Å². The fraction of sp³-hybridized carbons (Fsp3) is 0.619. The van der Waals surface area contributed by atoms with Gasteiger partial charge in [0.2, 0.25) is 0 Å². The summed E-state index contributed by atoms with van der Waals surface area (Å²) in [6.45, 7) is 9.05. The smallest absolute Gasteiger partial charge is 0.125 e. The summed E-state index contributed by atoms with van der Waals surface area (Å²) in [5.41, 5.74) is 4.24. The molecule has 1 aromatic rings. The first-order valence-corrected chi connectivity index (χ1v) is 9.88. The second-order valence-electron chi connectivity index (χ2n) is 7.86. The zero-order valence-corrected chi connectivity index (χ0v) is 16.5. The molecule has 1 nitrogen and oxygen atoms in total. The number of hydrogen-bond donors (Lipinski definition) is 0. The number of halogens is 1. The van der Waals surface area contributed by atoms with Crippen molar-refractivity contribution in [2.75, 3.05) is 0 Å². The van der Waals surface area contributed by atoms with Crippen LogP contribution in [0, 0.1) is 5.92 Å². The molecule has 0 saturated heterocycles. The third-order valence-electron chi connectivity index (χ3n) is 5.60. The van der Waals surface area contributed by atoms with Gasteiger partial charge in [-0.25, -0.2) is 0 Å². The Hall–Kier alpha value is -0.760. The average Bonchev–Trinajstić information content (AvgIpc) is 2.46. The van der Waals surface area contributed by atoms with Crippen molar-refractivity contribution in [1.82, 2.24) is 0 Å². The van der Waals surface area contributed by atoms with Crippen LogP contribution in [0.3, 0.4) is 0 Å². The molecule has 23 heavy (non-hydrogen) atoms. The normalized spacial score (nSPS) is 25.2. The summed E-state index contributed by atoms with van der Waals surface area (Å²) in [5, 5.41) is 0. The van der Waals surface area contributed by atoms with Crippen molar-refractivity contribution in [1.29, 1.82) is 0 Å². The molecule has 0 bridgehead atoms. The van der Waals surface area contributed by atoms with E-state index in [0.29, 0.717) is 11.8 Å². The third kappa shape index (κ3) is 3.38. The lowest BCUT2D eigenvalue weighted by Gasteiger charge is -2.47. The number of allylic oxidation sites excluding steroid dienone is 2. The molecule has 0 N–H and O–H groups in total. The molecule has 0 fully saturated rings. The van der Waals surface area contributed by atoms with Crippen LogP contribution in [-0.4, -0.2) is 5.60 Å². The van der Waals surface area contributed by atoms with Gasteiger partial charge in [0, 0.05) is 16.0 Å². The van der Waals surface area contributed by atoms with Gasteiger partial charge in [0.25, 0.3) is 0 Å². The van der Waals surface area contributed by atoms with Gasteiger partial charge in [-0.1, -0.05) is 47.3 Å². The Morgan fingerprint density at radius 3 is 2.78 bits per heavy atom. The lowest BCUT2D eigenvalue weighted by atomic mass is 9.67. The van der Waals surface area contributed by atoms with E-state index in [1.165, 1.54) is 40.4 Å². The molecule has 1 heterocycles. The molecular weight excluding hydrogens is 348 g/mol. The minimum Gasteiger partial charge on any atom is -0.487 e. The van der Waals surface area contributed by atoms with E-state index in [1.54, 1.807) is 0 Å². The quantitative estimate of drug-likeness (QED) is 0.414. The second-order valence-corrected chi connectivity index (χ2v) is 8.71. The van der Waals surface area contributed by atoms with E-state index in [0.717, 1.165) is 25.0 Å². The first-order chi connectivity index (χ1) is 10.9. The molecule has 0 aromatic heterocycles. The molecule has 1 aliphatic heterocycles. The fourth-order valence-electron chi connectivity index (χ4n) is 4.31. The summed E-state index contributed by atoms with van der Waals surface area (Å²) >= 11 is 3.86. The van der Waals surface area contributed by atoms with Crippen molar-refractivity contribution < 1.29 is 4.74 Å². The molecule has 2 aliphatic rings. The SMILES string of the molecule is CCCCCc1cc(Br)c2c(c1)OC(C)(C)[C@@H]1CC=C(C)C[C@@H]21. The van der Waals surface area contributed by atoms with E-state index < -0.39 is 0 Å². The summed E-state index contributed by atoms with van der Waals surface area (Å²) in [6, 6.07) is 4.64. The minimum absolute atomic E-state index is 0.0870. The Morgan fingerprint density at radius 2 is 2.04 bits per heavy atom. The van der Waals surface area contributed by atoms with Gasteiger partial charge in [-0.05, 0) is 70.1 Å². The number of benzene rings is 1. The molecule has 3 rings (SSSR count). The largest absolute Gasteiger partial charge is 0.487 e. The summed E-state index contributed by atoms with van der Waals surface area (Å²) in [6.07, 6.45) is 9.69. The first-order valence-electron chi connectivity index (χ1n) is 9.09. The molecule has 1 aromatic carbocycles. The first kappa shape index (κ1) is 17.1. The van der Waals surface area contributed by atoms with Gasteiger partial charge in [0.05, 0.1) is 0 Å². The van der Waals surface area contributed by atoms with Crippen molar-refractivity contribution in [2.24, 2.45) is 5.92 Å². The maximum Gasteiger partial charge on any atom is 0.125 e.